The highest BCUT2D eigenvalue weighted by molar-refractivity contribution is 4.72. The molecule has 1 rings (SSSR count). The van der Waals surface area contributed by atoms with Gasteiger partial charge in [-0.3, -0.25) is 0 Å². The molecule has 0 spiro atoms. The summed E-state index contributed by atoms with van der Waals surface area (Å²) in [5, 5.41) is 11.0. The Balaban J connectivity index is 2.30. The molecule has 1 aliphatic carbocycles. The van der Waals surface area contributed by atoms with Crippen LogP contribution in [0.4, 0.5) is 0 Å². The van der Waals surface area contributed by atoms with Crippen molar-refractivity contribution in [3.63, 3.8) is 0 Å². The van der Waals surface area contributed by atoms with E-state index in [0.29, 0.717) is 0 Å². The van der Waals surface area contributed by atoms with E-state index in [-0.39, 0.29) is 6.10 Å². The van der Waals surface area contributed by atoms with Crippen molar-refractivity contribution in [1.29, 1.82) is 0 Å². The van der Waals surface area contributed by atoms with Crippen LogP contribution in [0, 0.1) is 0 Å². The van der Waals surface area contributed by atoms with Gasteiger partial charge in [0, 0.05) is 13.2 Å². The molecule has 0 aromatic carbocycles. The molecule has 0 amide bonds. The van der Waals surface area contributed by atoms with Crippen molar-refractivity contribution in [2.45, 2.75) is 37.9 Å². The SMILES string of the molecule is COC1CCCCC1[O-]. The van der Waals surface area contributed by atoms with Crippen LogP contribution < -0.4 is 5.11 Å². The van der Waals surface area contributed by atoms with E-state index in [2.05, 4.69) is 0 Å². The zero-order chi connectivity index (χ0) is 6.69. The van der Waals surface area contributed by atoms with Crippen LogP contribution in [0.15, 0.2) is 0 Å². The van der Waals surface area contributed by atoms with Crippen molar-refractivity contribution in [3.8, 4) is 0 Å². The molecule has 0 bridgehead atoms. The van der Waals surface area contributed by atoms with E-state index in [9.17, 15) is 5.11 Å². The Morgan fingerprint density at radius 2 is 2.00 bits per heavy atom. The molecule has 0 aromatic rings. The van der Waals surface area contributed by atoms with Gasteiger partial charge in [0.25, 0.3) is 0 Å². The highest BCUT2D eigenvalue weighted by Gasteiger charge is 2.14. The van der Waals surface area contributed by atoms with Crippen LogP contribution in [0.3, 0.4) is 0 Å². The van der Waals surface area contributed by atoms with Crippen LogP contribution in [-0.4, -0.2) is 19.3 Å². The van der Waals surface area contributed by atoms with Gasteiger partial charge in [0.05, 0.1) is 0 Å². The van der Waals surface area contributed by atoms with E-state index in [0.717, 1.165) is 25.7 Å². The smallest absolute Gasteiger partial charge is 0.0447 e. The lowest BCUT2D eigenvalue weighted by atomic mass is 9.95. The number of methoxy groups -OCH3 is 1. The van der Waals surface area contributed by atoms with Gasteiger partial charge in [0.15, 0.2) is 0 Å². The fourth-order valence-corrected chi connectivity index (χ4v) is 1.33. The molecule has 9 heavy (non-hydrogen) atoms. The summed E-state index contributed by atoms with van der Waals surface area (Å²) in [5.74, 6) is 0. The minimum atomic E-state index is -0.455. The van der Waals surface area contributed by atoms with Crippen molar-refractivity contribution in [3.05, 3.63) is 0 Å². The van der Waals surface area contributed by atoms with Crippen LogP contribution in [0.2, 0.25) is 0 Å². The average Bonchev–Trinajstić information content (AvgIpc) is 1.89. The largest absolute Gasteiger partial charge is 0.850 e. The summed E-state index contributed by atoms with van der Waals surface area (Å²) in [6.07, 6.45) is 3.57. The second-order valence-corrected chi connectivity index (χ2v) is 2.60. The summed E-state index contributed by atoms with van der Waals surface area (Å²) in [7, 11) is 1.63. The predicted octanol–water partition coefficient (Wildman–Crippen LogP) is 0.304. The fourth-order valence-electron chi connectivity index (χ4n) is 1.33. The normalized spacial score (nSPS) is 36.7. The second-order valence-electron chi connectivity index (χ2n) is 2.60. The zero-order valence-corrected chi connectivity index (χ0v) is 5.80. The van der Waals surface area contributed by atoms with Gasteiger partial charge in [-0.25, -0.2) is 0 Å². The van der Waals surface area contributed by atoms with E-state index >= 15 is 0 Å². The molecule has 0 aromatic heterocycles. The molecule has 0 heterocycles. The molecular formula is C7H13O2-. The van der Waals surface area contributed by atoms with Crippen molar-refractivity contribution in [2.24, 2.45) is 0 Å². The van der Waals surface area contributed by atoms with Crippen LogP contribution in [-0.2, 0) is 4.74 Å². The number of hydrogen-bond donors (Lipinski definition) is 0. The maximum atomic E-state index is 11.0. The molecular weight excluding hydrogens is 116 g/mol. The third kappa shape index (κ3) is 1.66. The number of ether oxygens (including phenoxy) is 1. The van der Waals surface area contributed by atoms with Gasteiger partial charge in [0.2, 0.25) is 0 Å². The van der Waals surface area contributed by atoms with Gasteiger partial charge in [-0.15, -0.1) is 0 Å². The molecule has 1 fully saturated rings. The van der Waals surface area contributed by atoms with E-state index in [1.54, 1.807) is 7.11 Å². The number of rotatable bonds is 1. The van der Waals surface area contributed by atoms with E-state index in [1.165, 1.54) is 0 Å². The molecule has 2 unspecified atom stereocenters. The van der Waals surface area contributed by atoms with Crippen LogP contribution in [0.1, 0.15) is 25.7 Å². The Hall–Kier alpha value is -0.0800. The lowest BCUT2D eigenvalue weighted by Crippen LogP contribution is -2.41. The monoisotopic (exact) mass is 129 g/mol. The minimum Gasteiger partial charge on any atom is -0.850 e. The van der Waals surface area contributed by atoms with E-state index < -0.39 is 6.10 Å². The lowest BCUT2D eigenvalue weighted by Gasteiger charge is -2.34. The summed E-state index contributed by atoms with van der Waals surface area (Å²) in [5.41, 5.74) is 0. The first-order valence-corrected chi connectivity index (χ1v) is 3.53. The Bertz CT molecular complexity index is 83.0. The fraction of sp³-hybridized carbons (Fsp3) is 1.00. The molecule has 2 atom stereocenters. The third-order valence-corrected chi connectivity index (χ3v) is 1.94. The number of hydrogen-bond acceptors (Lipinski definition) is 2. The first-order valence-electron chi connectivity index (χ1n) is 3.53. The highest BCUT2D eigenvalue weighted by Crippen LogP contribution is 2.18. The molecule has 1 aliphatic rings. The first kappa shape index (κ1) is 7.03. The topological polar surface area (TPSA) is 32.3 Å². The van der Waals surface area contributed by atoms with Gasteiger partial charge < -0.3 is 9.84 Å². The molecule has 0 aliphatic heterocycles. The van der Waals surface area contributed by atoms with Gasteiger partial charge in [0.1, 0.15) is 0 Å². The average molecular weight is 129 g/mol. The van der Waals surface area contributed by atoms with Crippen molar-refractivity contribution in [1.82, 2.24) is 0 Å². The van der Waals surface area contributed by atoms with Crippen LogP contribution >= 0.6 is 0 Å². The molecule has 2 nitrogen and oxygen atoms in total. The summed E-state index contributed by atoms with van der Waals surface area (Å²) in [4.78, 5) is 0. The summed E-state index contributed by atoms with van der Waals surface area (Å²) in [6.45, 7) is 0. The van der Waals surface area contributed by atoms with Gasteiger partial charge in [-0.2, -0.15) is 0 Å². The minimum absolute atomic E-state index is 0.00116. The van der Waals surface area contributed by atoms with E-state index in [1.807, 2.05) is 0 Å². The Morgan fingerprint density at radius 1 is 1.33 bits per heavy atom. The quantitative estimate of drug-likeness (QED) is 0.510. The first-order chi connectivity index (χ1) is 4.34. The van der Waals surface area contributed by atoms with Gasteiger partial charge in [-0.1, -0.05) is 25.4 Å². The predicted molar refractivity (Wildman–Crippen MR) is 33.1 cm³/mol. The van der Waals surface area contributed by atoms with Gasteiger partial charge >= 0.3 is 0 Å². The molecule has 0 radical (unpaired) electrons. The Morgan fingerprint density at radius 3 is 2.44 bits per heavy atom. The lowest BCUT2D eigenvalue weighted by molar-refractivity contribution is -0.443. The molecule has 0 N–H and O–H groups in total. The molecule has 0 saturated heterocycles. The molecule has 54 valence electrons. The second kappa shape index (κ2) is 3.18. The van der Waals surface area contributed by atoms with Crippen LogP contribution in [0.5, 0.6) is 0 Å². The summed E-state index contributed by atoms with van der Waals surface area (Å²) < 4.78 is 4.99. The van der Waals surface area contributed by atoms with E-state index in [4.69, 9.17) is 4.74 Å². The standard InChI is InChI=1S/C7H13O2/c1-9-7-5-3-2-4-6(7)8/h6-7H,2-5H2,1H3/q-1. The van der Waals surface area contributed by atoms with Crippen molar-refractivity contribution < 1.29 is 9.84 Å². The van der Waals surface area contributed by atoms with Crippen molar-refractivity contribution >= 4 is 0 Å². The summed E-state index contributed by atoms with van der Waals surface area (Å²) in [6, 6.07) is 0. The summed E-state index contributed by atoms with van der Waals surface area (Å²) >= 11 is 0. The third-order valence-electron chi connectivity index (χ3n) is 1.94. The van der Waals surface area contributed by atoms with Crippen molar-refractivity contribution in [2.75, 3.05) is 7.11 Å². The Labute approximate surface area is 55.8 Å². The van der Waals surface area contributed by atoms with Gasteiger partial charge in [-0.05, 0) is 6.42 Å². The molecule has 1 saturated carbocycles. The Kier molecular flexibility index (Phi) is 2.49. The highest BCUT2D eigenvalue weighted by atomic mass is 16.5. The zero-order valence-electron chi connectivity index (χ0n) is 5.80. The maximum Gasteiger partial charge on any atom is 0.0447 e. The molecule has 2 heteroatoms. The maximum absolute atomic E-state index is 11.0. The van der Waals surface area contributed by atoms with Crippen LogP contribution in [0.25, 0.3) is 0 Å².